The Morgan fingerprint density at radius 3 is 2.74 bits per heavy atom. The normalized spacial score (nSPS) is 12.0. The van der Waals surface area contributed by atoms with Crippen LogP contribution in [-0.4, -0.2) is 21.8 Å². The van der Waals surface area contributed by atoms with Crippen molar-refractivity contribution in [2.24, 2.45) is 0 Å². The van der Waals surface area contributed by atoms with Gasteiger partial charge in [-0.25, -0.2) is 4.98 Å². The van der Waals surface area contributed by atoms with E-state index in [-0.39, 0.29) is 11.9 Å². The van der Waals surface area contributed by atoms with Gasteiger partial charge in [0.15, 0.2) is 5.76 Å². The molecule has 0 spiro atoms. The smallest absolute Gasteiger partial charge is 0.290 e. The molecule has 0 bridgehead atoms. The Bertz CT molecular complexity index is 856. The lowest BCUT2D eigenvalue weighted by atomic mass is 10.2. The van der Waals surface area contributed by atoms with Gasteiger partial charge in [0.1, 0.15) is 17.4 Å². The standard InChI is InChI=1S/C21H24N2O3S/c1-4-16(3)23(21(24)19-6-5-11-25-19)12-17-14-27-20(22-17)13-26-18-9-7-15(2)8-10-18/h5-11,14,16H,4,12-13H2,1-3H3/t16-/m0/s1. The maximum absolute atomic E-state index is 12.7. The van der Waals surface area contributed by atoms with Crippen LogP contribution in [0, 0.1) is 6.92 Å². The lowest BCUT2D eigenvalue weighted by Gasteiger charge is -2.27. The Morgan fingerprint density at radius 2 is 2.07 bits per heavy atom. The molecule has 0 fully saturated rings. The van der Waals surface area contributed by atoms with E-state index in [2.05, 4.69) is 11.9 Å². The predicted octanol–water partition coefficient (Wildman–Crippen LogP) is 5.06. The van der Waals surface area contributed by atoms with Crippen LogP contribution in [-0.2, 0) is 13.2 Å². The third-order valence-corrected chi connectivity index (χ3v) is 5.30. The number of nitrogens with zero attached hydrogens (tertiary/aromatic N) is 2. The SMILES string of the molecule is CC[C@H](C)N(Cc1csc(COc2ccc(C)cc2)n1)C(=O)c1ccco1. The van der Waals surface area contributed by atoms with E-state index >= 15 is 0 Å². The van der Waals surface area contributed by atoms with E-state index in [9.17, 15) is 4.79 Å². The zero-order valence-electron chi connectivity index (χ0n) is 15.8. The molecule has 0 radical (unpaired) electrons. The van der Waals surface area contributed by atoms with Crippen molar-refractivity contribution in [3.63, 3.8) is 0 Å². The first-order valence-electron chi connectivity index (χ1n) is 9.04. The van der Waals surface area contributed by atoms with E-state index in [1.165, 1.54) is 11.8 Å². The van der Waals surface area contributed by atoms with E-state index in [1.807, 2.05) is 43.5 Å². The molecule has 0 unspecified atom stereocenters. The topological polar surface area (TPSA) is 55.6 Å². The van der Waals surface area contributed by atoms with Crippen LogP contribution in [0.15, 0.2) is 52.5 Å². The van der Waals surface area contributed by atoms with E-state index in [0.717, 1.165) is 22.9 Å². The number of furan rings is 1. The van der Waals surface area contributed by atoms with Crippen molar-refractivity contribution in [3.8, 4) is 5.75 Å². The second-order valence-corrected chi connectivity index (χ2v) is 7.44. The van der Waals surface area contributed by atoms with Gasteiger partial charge in [-0.05, 0) is 44.5 Å². The van der Waals surface area contributed by atoms with Gasteiger partial charge in [0.05, 0.1) is 18.5 Å². The second kappa shape index (κ2) is 8.86. The number of ether oxygens (including phenoxy) is 1. The highest BCUT2D eigenvalue weighted by atomic mass is 32.1. The van der Waals surface area contributed by atoms with Gasteiger partial charge < -0.3 is 14.1 Å². The number of amides is 1. The Balaban J connectivity index is 1.64. The van der Waals surface area contributed by atoms with Crippen molar-refractivity contribution in [1.29, 1.82) is 0 Å². The third-order valence-electron chi connectivity index (χ3n) is 4.43. The Morgan fingerprint density at radius 1 is 1.30 bits per heavy atom. The maximum Gasteiger partial charge on any atom is 0.290 e. The summed E-state index contributed by atoms with van der Waals surface area (Å²) in [6.07, 6.45) is 2.38. The van der Waals surface area contributed by atoms with Gasteiger partial charge >= 0.3 is 0 Å². The maximum atomic E-state index is 12.7. The zero-order valence-corrected chi connectivity index (χ0v) is 16.7. The highest BCUT2D eigenvalue weighted by molar-refractivity contribution is 7.09. The van der Waals surface area contributed by atoms with Crippen LogP contribution in [0.1, 0.15) is 47.1 Å². The fraction of sp³-hybridized carbons (Fsp3) is 0.333. The summed E-state index contributed by atoms with van der Waals surface area (Å²) >= 11 is 1.54. The Hall–Kier alpha value is -2.60. The molecule has 142 valence electrons. The summed E-state index contributed by atoms with van der Waals surface area (Å²) in [4.78, 5) is 19.2. The van der Waals surface area contributed by atoms with Gasteiger partial charge in [0.25, 0.3) is 5.91 Å². The van der Waals surface area contributed by atoms with Crippen LogP contribution in [0.25, 0.3) is 0 Å². The first-order chi connectivity index (χ1) is 13.1. The second-order valence-electron chi connectivity index (χ2n) is 6.50. The first kappa shape index (κ1) is 19.2. The summed E-state index contributed by atoms with van der Waals surface area (Å²) < 4.78 is 11.1. The van der Waals surface area contributed by atoms with Crippen LogP contribution in [0.4, 0.5) is 0 Å². The van der Waals surface area contributed by atoms with E-state index in [0.29, 0.717) is 18.9 Å². The molecular formula is C21H24N2O3S. The molecule has 3 aromatic rings. The molecule has 2 heterocycles. The molecule has 0 saturated carbocycles. The van der Waals surface area contributed by atoms with Gasteiger partial charge in [-0.1, -0.05) is 24.6 Å². The Labute approximate surface area is 163 Å². The summed E-state index contributed by atoms with van der Waals surface area (Å²) in [5.74, 6) is 1.07. The largest absolute Gasteiger partial charge is 0.486 e. The quantitative estimate of drug-likeness (QED) is 0.544. The number of aromatic nitrogens is 1. The summed E-state index contributed by atoms with van der Waals surface area (Å²) in [5.41, 5.74) is 2.06. The number of carbonyl (C=O) groups excluding carboxylic acids is 1. The fourth-order valence-corrected chi connectivity index (χ4v) is 3.33. The van der Waals surface area contributed by atoms with Crippen LogP contribution >= 0.6 is 11.3 Å². The van der Waals surface area contributed by atoms with E-state index in [4.69, 9.17) is 9.15 Å². The molecule has 27 heavy (non-hydrogen) atoms. The van der Waals surface area contributed by atoms with Crippen molar-refractivity contribution in [2.45, 2.75) is 46.4 Å². The van der Waals surface area contributed by atoms with Crippen LogP contribution in [0.2, 0.25) is 0 Å². The molecule has 0 aliphatic heterocycles. The van der Waals surface area contributed by atoms with Crippen molar-refractivity contribution < 1.29 is 13.9 Å². The number of rotatable bonds is 8. The van der Waals surface area contributed by atoms with Crippen molar-refractivity contribution >= 4 is 17.2 Å². The van der Waals surface area contributed by atoms with E-state index in [1.54, 1.807) is 28.4 Å². The van der Waals surface area contributed by atoms with Gasteiger partial charge in [-0.2, -0.15) is 0 Å². The number of benzene rings is 1. The van der Waals surface area contributed by atoms with Crippen LogP contribution in [0.5, 0.6) is 5.75 Å². The van der Waals surface area contributed by atoms with Gasteiger partial charge in [-0.3, -0.25) is 4.79 Å². The van der Waals surface area contributed by atoms with Gasteiger partial charge in [0, 0.05) is 11.4 Å². The third kappa shape index (κ3) is 4.98. The molecule has 1 atom stereocenters. The molecule has 0 aliphatic rings. The molecule has 5 nitrogen and oxygen atoms in total. The number of carbonyl (C=O) groups is 1. The Kier molecular flexibility index (Phi) is 6.29. The number of hydrogen-bond acceptors (Lipinski definition) is 5. The minimum atomic E-state index is -0.111. The molecule has 0 N–H and O–H groups in total. The van der Waals surface area contributed by atoms with Crippen molar-refractivity contribution in [1.82, 2.24) is 9.88 Å². The minimum Gasteiger partial charge on any atom is -0.486 e. The van der Waals surface area contributed by atoms with Crippen LogP contribution in [0.3, 0.4) is 0 Å². The summed E-state index contributed by atoms with van der Waals surface area (Å²) in [6, 6.07) is 11.5. The van der Waals surface area contributed by atoms with Crippen molar-refractivity contribution in [2.75, 3.05) is 0 Å². The van der Waals surface area contributed by atoms with E-state index < -0.39 is 0 Å². The fourth-order valence-electron chi connectivity index (χ4n) is 2.63. The molecule has 0 aliphatic carbocycles. The summed E-state index contributed by atoms with van der Waals surface area (Å²) in [6.45, 7) is 7.02. The number of thiazole rings is 1. The van der Waals surface area contributed by atoms with Crippen LogP contribution < -0.4 is 4.74 Å². The van der Waals surface area contributed by atoms with Crippen molar-refractivity contribution in [3.05, 3.63) is 70.1 Å². The predicted molar refractivity (Wildman–Crippen MR) is 106 cm³/mol. The lowest BCUT2D eigenvalue weighted by molar-refractivity contribution is 0.0636. The first-order valence-corrected chi connectivity index (χ1v) is 9.92. The molecule has 3 rings (SSSR count). The average molecular weight is 385 g/mol. The average Bonchev–Trinajstić information content (AvgIpc) is 3.36. The molecule has 0 saturated heterocycles. The molecule has 1 aromatic carbocycles. The monoisotopic (exact) mass is 384 g/mol. The van der Waals surface area contributed by atoms with Gasteiger partial charge in [0.2, 0.25) is 0 Å². The lowest BCUT2D eigenvalue weighted by Crippen LogP contribution is -2.37. The molecule has 1 amide bonds. The van der Waals surface area contributed by atoms with Gasteiger partial charge in [-0.15, -0.1) is 11.3 Å². The zero-order chi connectivity index (χ0) is 19.2. The highest BCUT2D eigenvalue weighted by Crippen LogP contribution is 2.19. The molecule has 2 aromatic heterocycles. The molecular weight excluding hydrogens is 360 g/mol. The minimum absolute atomic E-state index is 0.0940. The highest BCUT2D eigenvalue weighted by Gasteiger charge is 2.23. The summed E-state index contributed by atoms with van der Waals surface area (Å²) in [7, 11) is 0. The summed E-state index contributed by atoms with van der Waals surface area (Å²) in [5, 5.41) is 2.87. The number of aryl methyl sites for hydroxylation is 1. The molecule has 6 heteroatoms. The number of hydrogen-bond donors (Lipinski definition) is 0.